The van der Waals surface area contributed by atoms with E-state index in [4.69, 9.17) is 0 Å². The number of hydrogen-bond donors (Lipinski definition) is 2. The van der Waals surface area contributed by atoms with E-state index in [1.807, 2.05) is 0 Å². The van der Waals surface area contributed by atoms with Crippen molar-refractivity contribution in [2.45, 2.75) is 111 Å². The molecule has 0 radical (unpaired) electrons. The molecule has 9 atom stereocenters. The van der Waals surface area contributed by atoms with Crippen LogP contribution in [-0.4, -0.2) is 22.4 Å². The van der Waals surface area contributed by atoms with E-state index in [2.05, 4.69) is 40.7 Å². The van der Waals surface area contributed by atoms with Crippen LogP contribution in [0.25, 0.3) is 0 Å². The highest BCUT2D eigenvalue weighted by atomic mass is 16.3. The molecule has 4 rings (SSSR count). The molecule has 2 heteroatoms. The summed E-state index contributed by atoms with van der Waals surface area (Å²) >= 11 is 0. The van der Waals surface area contributed by atoms with Crippen LogP contribution in [0, 0.1) is 46.3 Å². The van der Waals surface area contributed by atoms with E-state index >= 15 is 0 Å². The number of fused-ring (bicyclic) bond motifs is 5. The van der Waals surface area contributed by atoms with E-state index < -0.39 is 0 Å². The molecule has 0 spiro atoms. The maximum Gasteiger partial charge on any atom is 0.0579 e. The normalized spacial score (nSPS) is 47.9. The van der Waals surface area contributed by atoms with Crippen molar-refractivity contribution in [2.24, 2.45) is 46.3 Å². The molecule has 3 fully saturated rings. The van der Waals surface area contributed by atoms with Gasteiger partial charge in [-0.2, -0.15) is 0 Å². The third-order valence-electron chi connectivity index (χ3n) is 10.2. The van der Waals surface area contributed by atoms with Crippen LogP contribution in [0.15, 0.2) is 11.6 Å². The highest BCUT2D eigenvalue weighted by Gasteiger charge is 2.61. The minimum atomic E-state index is -0.121. The molecular formula is C27H46O2. The van der Waals surface area contributed by atoms with Gasteiger partial charge < -0.3 is 10.2 Å². The molecular weight excluding hydrogens is 356 g/mol. The summed E-state index contributed by atoms with van der Waals surface area (Å²) in [6.45, 7) is 12.1. The van der Waals surface area contributed by atoms with Crippen molar-refractivity contribution in [3.63, 3.8) is 0 Å². The SMILES string of the molecule is CC(C)CCC[C@@H](C)[C@H]1[C@H](O)C[C@H]2[C@@H]3CC=C4C[C@@H](O)CC[C@]4(C)[C@H]3CC[C@]12C. The van der Waals surface area contributed by atoms with Crippen molar-refractivity contribution >= 4 is 0 Å². The number of aliphatic hydroxyl groups excluding tert-OH is 2. The quantitative estimate of drug-likeness (QED) is 0.525. The first kappa shape index (κ1) is 21.9. The molecule has 0 aromatic carbocycles. The van der Waals surface area contributed by atoms with Gasteiger partial charge in [0, 0.05) is 0 Å². The molecule has 4 aliphatic carbocycles. The van der Waals surface area contributed by atoms with Gasteiger partial charge in [-0.05, 0) is 91.3 Å². The third-order valence-corrected chi connectivity index (χ3v) is 10.2. The molecule has 2 nitrogen and oxygen atoms in total. The molecule has 0 unspecified atom stereocenters. The summed E-state index contributed by atoms with van der Waals surface area (Å²) in [4.78, 5) is 0. The zero-order valence-electron chi connectivity index (χ0n) is 19.7. The minimum Gasteiger partial charge on any atom is -0.393 e. The van der Waals surface area contributed by atoms with Crippen LogP contribution in [-0.2, 0) is 0 Å². The van der Waals surface area contributed by atoms with Crippen molar-refractivity contribution in [1.29, 1.82) is 0 Å². The maximum absolute atomic E-state index is 11.2. The Morgan fingerprint density at radius 2 is 1.79 bits per heavy atom. The smallest absolute Gasteiger partial charge is 0.0579 e. The van der Waals surface area contributed by atoms with Crippen molar-refractivity contribution in [3.05, 3.63) is 11.6 Å². The molecule has 29 heavy (non-hydrogen) atoms. The van der Waals surface area contributed by atoms with Crippen LogP contribution in [0.3, 0.4) is 0 Å². The van der Waals surface area contributed by atoms with Gasteiger partial charge in [-0.25, -0.2) is 0 Å². The van der Waals surface area contributed by atoms with Crippen molar-refractivity contribution in [3.8, 4) is 0 Å². The van der Waals surface area contributed by atoms with Gasteiger partial charge in [0.05, 0.1) is 12.2 Å². The van der Waals surface area contributed by atoms with Gasteiger partial charge in [0.25, 0.3) is 0 Å². The fourth-order valence-electron chi connectivity index (χ4n) is 8.75. The standard InChI is InChI=1S/C27H46O2/c1-17(2)7-6-8-18(3)25-24(29)16-23-21-10-9-19-15-20(28)11-13-26(19,4)22(21)12-14-27(23,25)5/h9,17-18,20-25,28-29H,6-8,10-16H2,1-5H3/t18-,20+,21-,22+,23+,24-,25+,26+,27+/m1/s1. The first-order valence-corrected chi connectivity index (χ1v) is 12.7. The monoisotopic (exact) mass is 402 g/mol. The summed E-state index contributed by atoms with van der Waals surface area (Å²) in [5, 5.41) is 21.4. The Kier molecular flexibility index (Phi) is 6.01. The maximum atomic E-state index is 11.2. The van der Waals surface area contributed by atoms with Crippen LogP contribution < -0.4 is 0 Å². The molecule has 0 heterocycles. The lowest BCUT2D eigenvalue weighted by Gasteiger charge is -2.58. The van der Waals surface area contributed by atoms with E-state index in [1.165, 1.54) is 38.5 Å². The lowest BCUT2D eigenvalue weighted by atomic mass is 9.47. The molecule has 0 bridgehead atoms. The summed E-state index contributed by atoms with van der Waals surface area (Å²) in [5.41, 5.74) is 2.17. The molecule has 0 aromatic rings. The fraction of sp³-hybridized carbons (Fsp3) is 0.926. The van der Waals surface area contributed by atoms with Crippen LogP contribution in [0.2, 0.25) is 0 Å². The summed E-state index contributed by atoms with van der Waals surface area (Å²) in [6.07, 6.45) is 14.0. The van der Waals surface area contributed by atoms with Gasteiger partial charge in [0.15, 0.2) is 0 Å². The van der Waals surface area contributed by atoms with Crippen LogP contribution in [0.5, 0.6) is 0 Å². The number of hydrogen-bond acceptors (Lipinski definition) is 2. The first-order valence-electron chi connectivity index (χ1n) is 12.7. The van der Waals surface area contributed by atoms with Crippen LogP contribution in [0.1, 0.15) is 98.8 Å². The Balaban J connectivity index is 1.53. The van der Waals surface area contributed by atoms with Gasteiger partial charge in [-0.15, -0.1) is 0 Å². The van der Waals surface area contributed by atoms with E-state index in [0.29, 0.717) is 28.6 Å². The Labute approximate surface area is 179 Å². The largest absolute Gasteiger partial charge is 0.393 e. The van der Waals surface area contributed by atoms with Gasteiger partial charge in [0.1, 0.15) is 0 Å². The van der Waals surface area contributed by atoms with Gasteiger partial charge >= 0.3 is 0 Å². The molecule has 3 saturated carbocycles. The second kappa shape index (κ2) is 7.97. The summed E-state index contributed by atoms with van der Waals surface area (Å²) in [5.74, 6) is 4.07. The highest BCUT2D eigenvalue weighted by Crippen LogP contribution is 2.67. The van der Waals surface area contributed by atoms with Crippen molar-refractivity contribution in [1.82, 2.24) is 0 Å². The second-order valence-corrected chi connectivity index (χ2v) is 12.3. The van der Waals surface area contributed by atoms with Gasteiger partial charge in [0.2, 0.25) is 0 Å². The average molecular weight is 403 g/mol. The lowest BCUT2D eigenvalue weighted by molar-refractivity contribution is -0.0620. The van der Waals surface area contributed by atoms with Crippen molar-refractivity contribution < 1.29 is 10.2 Å². The molecule has 166 valence electrons. The second-order valence-electron chi connectivity index (χ2n) is 12.3. The predicted octanol–water partition coefficient (Wildman–Crippen LogP) is 6.36. The molecule has 4 aliphatic rings. The molecule has 0 aliphatic heterocycles. The van der Waals surface area contributed by atoms with E-state index in [-0.39, 0.29) is 12.2 Å². The lowest BCUT2D eigenvalue weighted by Crippen LogP contribution is -2.51. The van der Waals surface area contributed by atoms with Crippen molar-refractivity contribution in [2.75, 3.05) is 0 Å². The zero-order chi connectivity index (χ0) is 21.0. The van der Waals surface area contributed by atoms with E-state index in [1.54, 1.807) is 5.57 Å². The Hall–Kier alpha value is -0.340. The topological polar surface area (TPSA) is 40.5 Å². The molecule has 2 N–H and O–H groups in total. The molecule has 0 aromatic heterocycles. The minimum absolute atomic E-state index is 0.107. The van der Waals surface area contributed by atoms with Crippen LogP contribution in [0.4, 0.5) is 0 Å². The fourth-order valence-corrected chi connectivity index (χ4v) is 8.75. The third kappa shape index (κ3) is 3.65. The number of aliphatic hydroxyl groups is 2. The average Bonchev–Trinajstić information content (AvgIpc) is 2.92. The predicted molar refractivity (Wildman–Crippen MR) is 120 cm³/mol. The Morgan fingerprint density at radius 1 is 1.03 bits per heavy atom. The van der Waals surface area contributed by atoms with E-state index in [0.717, 1.165) is 43.4 Å². The zero-order valence-corrected chi connectivity index (χ0v) is 19.7. The Morgan fingerprint density at radius 3 is 2.52 bits per heavy atom. The summed E-state index contributed by atoms with van der Waals surface area (Å²) in [7, 11) is 0. The summed E-state index contributed by atoms with van der Waals surface area (Å²) in [6, 6.07) is 0. The Bertz CT molecular complexity index is 624. The number of rotatable bonds is 5. The highest BCUT2D eigenvalue weighted by molar-refractivity contribution is 5.25. The van der Waals surface area contributed by atoms with Gasteiger partial charge in [-0.1, -0.05) is 65.5 Å². The summed E-state index contributed by atoms with van der Waals surface area (Å²) < 4.78 is 0. The van der Waals surface area contributed by atoms with Crippen LogP contribution >= 0.6 is 0 Å². The molecule has 0 saturated heterocycles. The van der Waals surface area contributed by atoms with E-state index in [9.17, 15) is 10.2 Å². The molecule has 0 amide bonds. The van der Waals surface area contributed by atoms with Gasteiger partial charge in [-0.3, -0.25) is 0 Å². The first-order chi connectivity index (χ1) is 13.7. The number of allylic oxidation sites excluding steroid dienone is 1.